The van der Waals surface area contributed by atoms with Gasteiger partial charge in [0.2, 0.25) is 0 Å². The second-order valence-electron chi connectivity index (χ2n) is 13.7. The first kappa shape index (κ1) is 28.5. The Balaban J connectivity index is 1.14. The number of halogens is 3. The van der Waals surface area contributed by atoms with Crippen LogP contribution in [0.4, 0.5) is 19.0 Å². The van der Waals surface area contributed by atoms with Crippen LogP contribution in [0.3, 0.4) is 0 Å². The Bertz CT molecular complexity index is 1840. The normalized spacial score (nSPS) is 29.2. The molecule has 9 rings (SSSR count). The number of hydrogen-bond donors (Lipinski definition) is 1. The molecule has 0 spiro atoms. The molecular formula is C34H35F3N6O3. The molecule has 5 aliphatic rings. The number of ether oxygens (including phenoxy) is 2. The Morgan fingerprint density at radius 3 is 2.72 bits per heavy atom. The molecule has 0 amide bonds. The summed E-state index contributed by atoms with van der Waals surface area (Å²) < 4.78 is 58.2. The summed E-state index contributed by atoms with van der Waals surface area (Å²) in [6, 6.07) is 7.93. The largest absolute Gasteiger partial charge is 0.508 e. The van der Waals surface area contributed by atoms with E-state index < -0.39 is 23.3 Å². The van der Waals surface area contributed by atoms with Gasteiger partial charge in [-0.1, -0.05) is 12.1 Å². The number of benzene rings is 2. The van der Waals surface area contributed by atoms with Crippen molar-refractivity contribution < 1.29 is 27.8 Å². The molecule has 5 atom stereocenters. The van der Waals surface area contributed by atoms with Crippen molar-refractivity contribution in [1.29, 1.82) is 0 Å². The van der Waals surface area contributed by atoms with Crippen molar-refractivity contribution in [3.8, 4) is 23.0 Å². The van der Waals surface area contributed by atoms with Crippen LogP contribution >= 0.6 is 0 Å². The van der Waals surface area contributed by atoms with Crippen LogP contribution in [-0.4, -0.2) is 106 Å². The summed E-state index contributed by atoms with van der Waals surface area (Å²) in [6.45, 7) is 4.58. The number of nitrogens with zero attached hydrogens (tertiary/aromatic N) is 6. The molecule has 7 heterocycles. The van der Waals surface area contributed by atoms with E-state index in [1.165, 1.54) is 24.4 Å². The molecule has 5 fully saturated rings. The quantitative estimate of drug-likeness (QED) is 0.288. The molecule has 1 N–H and O–H groups in total. The van der Waals surface area contributed by atoms with Crippen LogP contribution in [0.15, 0.2) is 36.5 Å². The number of anilines is 1. The van der Waals surface area contributed by atoms with Crippen molar-refractivity contribution >= 4 is 27.5 Å². The summed E-state index contributed by atoms with van der Waals surface area (Å²) in [6.07, 6.45) is 5.25. The first-order chi connectivity index (χ1) is 22.3. The lowest BCUT2D eigenvalue weighted by Gasteiger charge is -2.41. The van der Waals surface area contributed by atoms with Gasteiger partial charge >= 0.3 is 6.01 Å². The van der Waals surface area contributed by atoms with Crippen LogP contribution in [0.1, 0.15) is 32.1 Å². The number of phenolic OH excluding ortho intramolecular Hbond substituents is 1. The maximum absolute atomic E-state index is 16.7. The van der Waals surface area contributed by atoms with E-state index in [2.05, 4.69) is 24.7 Å². The summed E-state index contributed by atoms with van der Waals surface area (Å²) in [5, 5.41) is 11.5. The van der Waals surface area contributed by atoms with Gasteiger partial charge in [-0.05, 0) is 55.8 Å². The third kappa shape index (κ3) is 4.67. The minimum atomic E-state index is -0.909. The van der Waals surface area contributed by atoms with Crippen molar-refractivity contribution in [3.63, 3.8) is 0 Å². The molecular weight excluding hydrogens is 597 g/mol. The third-order valence-corrected chi connectivity index (χ3v) is 10.8. The topological polar surface area (TPSA) is 90.4 Å². The smallest absolute Gasteiger partial charge is 0.319 e. The fourth-order valence-corrected chi connectivity index (χ4v) is 8.59. The minimum Gasteiger partial charge on any atom is -0.508 e. The van der Waals surface area contributed by atoms with Crippen molar-refractivity contribution in [2.75, 3.05) is 50.8 Å². The SMILES string of the molecule is Oc1cc(-c2ncc3c(N4CC5CCC(C4)N5C[C@H]4CO4)nc(OC[C@@]45CCCN4C[C@H](F)C5)nc3c2F)c2c(F)cccc2c1. The predicted octanol–water partition coefficient (Wildman–Crippen LogP) is 4.84. The first-order valence-corrected chi connectivity index (χ1v) is 16.3. The van der Waals surface area contributed by atoms with E-state index in [9.17, 15) is 9.50 Å². The summed E-state index contributed by atoms with van der Waals surface area (Å²) in [4.78, 5) is 20.8. The zero-order valence-corrected chi connectivity index (χ0v) is 25.3. The molecule has 0 radical (unpaired) electrons. The number of aromatic nitrogens is 3. The Labute approximate surface area is 263 Å². The molecule has 0 saturated carbocycles. The number of hydrogen-bond acceptors (Lipinski definition) is 9. The van der Waals surface area contributed by atoms with E-state index >= 15 is 8.78 Å². The molecule has 5 aliphatic heterocycles. The number of rotatable bonds is 7. The maximum atomic E-state index is 16.7. The van der Waals surface area contributed by atoms with Gasteiger partial charge < -0.3 is 19.5 Å². The van der Waals surface area contributed by atoms with Crippen LogP contribution in [0.5, 0.6) is 11.8 Å². The van der Waals surface area contributed by atoms with Gasteiger partial charge in [0.25, 0.3) is 0 Å². The van der Waals surface area contributed by atoms with Gasteiger partial charge in [0.1, 0.15) is 41.4 Å². The van der Waals surface area contributed by atoms with Gasteiger partial charge in [-0.25, -0.2) is 13.2 Å². The zero-order valence-electron chi connectivity index (χ0n) is 25.3. The van der Waals surface area contributed by atoms with Crippen molar-refractivity contribution in [3.05, 3.63) is 48.2 Å². The molecule has 2 aromatic carbocycles. The number of epoxide rings is 1. The number of fused-ring (bicyclic) bond motifs is 5. The van der Waals surface area contributed by atoms with Gasteiger partial charge in [-0.3, -0.25) is 14.8 Å². The van der Waals surface area contributed by atoms with E-state index in [1.807, 2.05) is 0 Å². The molecule has 240 valence electrons. The first-order valence-electron chi connectivity index (χ1n) is 16.3. The van der Waals surface area contributed by atoms with Crippen LogP contribution < -0.4 is 9.64 Å². The highest BCUT2D eigenvalue weighted by Crippen LogP contribution is 2.42. The van der Waals surface area contributed by atoms with Crippen molar-refractivity contribution in [1.82, 2.24) is 24.8 Å². The monoisotopic (exact) mass is 632 g/mol. The fourth-order valence-electron chi connectivity index (χ4n) is 8.59. The summed E-state index contributed by atoms with van der Waals surface area (Å²) >= 11 is 0. The van der Waals surface area contributed by atoms with Crippen LogP contribution in [0.25, 0.3) is 32.9 Å². The Morgan fingerprint density at radius 1 is 1.09 bits per heavy atom. The van der Waals surface area contributed by atoms with Crippen molar-refractivity contribution in [2.45, 2.75) is 62.0 Å². The lowest BCUT2D eigenvalue weighted by molar-refractivity contribution is 0.107. The zero-order chi connectivity index (χ0) is 31.2. The van der Waals surface area contributed by atoms with E-state index in [4.69, 9.17) is 14.5 Å². The highest BCUT2D eigenvalue weighted by atomic mass is 19.1. The summed E-state index contributed by atoms with van der Waals surface area (Å²) in [7, 11) is 0. The Kier molecular flexibility index (Phi) is 6.59. The van der Waals surface area contributed by atoms with Gasteiger partial charge in [-0.2, -0.15) is 9.97 Å². The van der Waals surface area contributed by atoms with Gasteiger partial charge in [-0.15, -0.1) is 0 Å². The molecule has 2 unspecified atom stereocenters. The van der Waals surface area contributed by atoms with Crippen LogP contribution in [0.2, 0.25) is 0 Å². The number of phenols is 1. The average molecular weight is 633 g/mol. The molecule has 2 bridgehead atoms. The number of piperazine rings is 1. The standard InChI is InChI=1S/C34H35F3N6O3/c35-20-11-34(7-2-8-42(34)13-20)18-46-33-39-31-26(32(40-33)41-14-21-5-6-22(15-41)43(21)16-24-17-45-24)12-38-30(29(31)37)25-10-23(44)9-19-3-1-4-27(36)28(19)25/h1,3-4,9-10,12,20-22,24,44H,2,5-8,11,13-18H2/t20-,21?,22?,24+,34+/m1/s1. The van der Waals surface area contributed by atoms with Crippen molar-refractivity contribution in [2.24, 2.45) is 0 Å². The number of pyridine rings is 1. The fraction of sp³-hybridized carbons (Fsp3) is 0.500. The maximum Gasteiger partial charge on any atom is 0.319 e. The van der Waals surface area contributed by atoms with Crippen LogP contribution in [-0.2, 0) is 4.74 Å². The second kappa shape index (κ2) is 10.6. The van der Waals surface area contributed by atoms with Gasteiger partial charge in [0.15, 0.2) is 5.82 Å². The van der Waals surface area contributed by atoms with E-state index in [1.54, 1.807) is 12.1 Å². The average Bonchev–Trinajstić information content (AvgIpc) is 3.63. The second-order valence-corrected chi connectivity index (χ2v) is 13.7. The summed E-state index contributed by atoms with van der Waals surface area (Å²) in [5.41, 5.74) is -0.410. The van der Waals surface area contributed by atoms with Gasteiger partial charge in [0, 0.05) is 61.8 Å². The third-order valence-electron chi connectivity index (χ3n) is 10.8. The molecule has 5 saturated heterocycles. The van der Waals surface area contributed by atoms with Crippen LogP contribution in [0, 0.1) is 11.6 Å². The Morgan fingerprint density at radius 2 is 1.91 bits per heavy atom. The van der Waals surface area contributed by atoms with Gasteiger partial charge in [0.05, 0.1) is 23.6 Å². The number of aromatic hydroxyl groups is 1. The summed E-state index contributed by atoms with van der Waals surface area (Å²) in [5.74, 6) is -0.886. The molecule has 46 heavy (non-hydrogen) atoms. The highest BCUT2D eigenvalue weighted by molar-refractivity contribution is 6.00. The molecule has 9 nitrogen and oxygen atoms in total. The predicted molar refractivity (Wildman–Crippen MR) is 166 cm³/mol. The lowest BCUT2D eigenvalue weighted by atomic mass is 9.95. The van der Waals surface area contributed by atoms with E-state index in [0.29, 0.717) is 60.8 Å². The highest BCUT2D eigenvalue weighted by Gasteiger charge is 2.49. The molecule has 0 aliphatic carbocycles. The molecule has 2 aromatic heterocycles. The number of alkyl halides is 1. The molecule has 12 heteroatoms. The minimum absolute atomic E-state index is 0.00885. The van der Waals surface area contributed by atoms with E-state index in [-0.39, 0.29) is 40.5 Å². The lowest BCUT2D eigenvalue weighted by Crippen LogP contribution is -2.55. The van der Waals surface area contributed by atoms with E-state index in [0.717, 1.165) is 45.4 Å². The Hall–Kier alpha value is -3.74. The molecule has 4 aromatic rings.